The summed E-state index contributed by atoms with van der Waals surface area (Å²) in [5.74, 6) is 2.11. The Bertz CT molecular complexity index is 793. The molecular formula is C33H53FN2O. The van der Waals surface area contributed by atoms with Gasteiger partial charge in [-0.25, -0.2) is 14.4 Å². The number of halogens is 1. The normalized spacial score (nSPS) is 13.0. The van der Waals surface area contributed by atoms with Crippen LogP contribution in [0, 0.1) is 5.92 Å². The molecule has 0 aliphatic carbocycles. The molecule has 2 atom stereocenters. The van der Waals surface area contributed by atoms with Gasteiger partial charge in [-0.2, -0.15) is 0 Å². The van der Waals surface area contributed by atoms with E-state index in [1.807, 2.05) is 36.7 Å². The molecule has 2 aromatic rings. The highest BCUT2D eigenvalue weighted by Crippen LogP contribution is 2.21. The fourth-order valence-electron chi connectivity index (χ4n) is 4.80. The number of unbranched alkanes of at least 4 members (excludes halogenated alkanes) is 10. The van der Waals surface area contributed by atoms with Gasteiger partial charge in [0, 0.05) is 18.0 Å². The zero-order valence-electron chi connectivity index (χ0n) is 24.0. The van der Waals surface area contributed by atoms with Crippen LogP contribution in [-0.2, 0) is 6.42 Å². The number of nitrogens with zero attached hydrogens (tertiary/aromatic N) is 2. The van der Waals surface area contributed by atoms with Gasteiger partial charge in [-0.15, -0.1) is 0 Å². The second kappa shape index (κ2) is 20.1. The first-order valence-electron chi connectivity index (χ1n) is 15.3. The molecule has 208 valence electrons. The number of ether oxygens (including phenoxy) is 1. The zero-order valence-corrected chi connectivity index (χ0v) is 24.0. The average molecular weight is 513 g/mol. The lowest BCUT2D eigenvalue weighted by molar-refractivity contribution is 0.182. The van der Waals surface area contributed by atoms with E-state index in [4.69, 9.17) is 4.74 Å². The van der Waals surface area contributed by atoms with Crippen LogP contribution in [0.15, 0.2) is 36.7 Å². The third-order valence-corrected chi connectivity index (χ3v) is 7.33. The second-order valence-electron chi connectivity index (χ2n) is 11.0. The molecule has 0 N–H and O–H groups in total. The van der Waals surface area contributed by atoms with Crippen LogP contribution in [0.1, 0.15) is 129 Å². The molecule has 0 amide bonds. The number of alkyl halides is 1. The number of hydrogen-bond acceptors (Lipinski definition) is 3. The van der Waals surface area contributed by atoms with Gasteiger partial charge in [0.15, 0.2) is 5.82 Å². The molecule has 0 aliphatic heterocycles. The van der Waals surface area contributed by atoms with E-state index >= 15 is 0 Å². The molecule has 2 unspecified atom stereocenters. The Morgan fingerprint density at radius 3 is 1.89 bits per heavy atom. The number of rotatable bonds is 22. The van der Waals surface area contributed by atoms with Crippen molar-refractivity contribution < 1.29 is 9.13 Å². The lowest BCUT2D eigenvalue weighted by Gasteiger charge is -2.13. The summed E-state index contributed by atoms with van der Waals surface area (Å²) in [4.78, 5) is 9.14. The van der Waals surface area contributed by atoms with Crippen LogP contribution < -0.4 is 4.74 Å². The van der Waals surface area contributed by atoms with E-state index in [0.717, 1.165) is 30.7 Å². The lowest BCUT2D eigenvalue weighted by atomic mass is 9.97. The molecule has 1 aromatic heterocycles. The van der Waals surface area contributed by atoms with Crippen molar-refractivity contribution in [2.24, 2.45) is 5.92 Å². The maximum atomic E-state index is 14.2. The van der Waals surface area contributed by atoms with Crippen molar-refractivity contribution >= 4 is 0 Å². The maximum absolute atomic E-state index is 14.2. The summed E-state index contributed by atoms with van der Waals surface area (Å²) in [7, 11) is 0. The van der Waals surface area contributed by atoms with Gasteiger partial charge in [0.2, 0.25) is 0 Å². The first-order chi connectivity index (χ1) is 18.1. The predicted octanol–water partition coefficient (Wildman–Crippen LogP) is 10.3. The van der Waals surface area contributed by atoms with Crippen molar-refractivity contribution in [3.05, 3.63) is 42.2 Å². The van der Waals surface area contributed by atoms with E-state index in [1.165, 1.54) is 89.0 Å². The van der Waals surface area contributed by atoms with E-state index in [0.29, 0.717) is 18.1 Å². The van der Waals surface area contributed by atoms with Crippen molar-refractivity contribution in [1.29, 1.82) is 0 Å². The maximum Gasteiger partial charge on any atom is 0.159 e. The number of aryl methyl sites for hydroxylation is 1. The summed E-state index contributed by atoms with van der Waals surface area (Å²) in [6.07, 6.45) is 23.9. The quantitative estimate of drug-likeness (QED) is 0.147. The van der Waals surface area contributed by atoms with E-state index < -0.39 is 6.17 Å². The van der Waals surface area contributed by atoms with Gasteiger partial charge >= 0.3 is 0 Å². The largest absolute Gasteiger partial charge is 0.491 e. The minimum absolute atomic E-state index is 0.118. The molecule has 2 rings (SSSR count). The van der Waals surface area contributed by atoms with E-state index in [-0.39, 0.29) is 6.61 Å². The van der Waals surface area contributed by atoms with Crippen molar-refractivity contribution in [2.45, 2.75) is 136 Å². The highest BCUT2D eigenvalue weighted by Gasteiger charge is 2.10. The fourth-order valence-corrected chi connectivity index (χ4v) is 4.80. The Morgan fingerprint density at radius 1 is 0.703 bits per heavy atom. The third kappa shape index (κ3) is 14.5. The fraction of sp³-hybridized carbons (Fsp3) is 0.697. The highest BCUT2D eigenvalue weighted by molar-refractivity contribution is 5.55. The van der Waals surface area contributed by atoms with Gasteiger partial charge in [-0.05, 0) is 55.0 Å². The summed E-state index contributed by atoms with van der Waals surface area (Å²) >= 11 is 0. The second-order valence-corrected chi connectivity index (χ2v) is 11.0. The number of benzene rings is 1. The molecule has 3 nitrogen and oxygen atoms in total. The summed E-state index contributed by atoms with van der Waals surface area (Å²) in [5, 5.41) is 0. The van der Waals surface area contributed by atoms with Crippen LogP contribution in [0.5, 0.6) is 5.75 Å². The minimum atomic E-state index is -0.913. The van der Waals surface area contributed by atoms with Gasteiger partial charge in [0.25, 0.3) is 0 Å². The molecular weight excluding hydrogens is 459 g/mol. The molecule has 1 heterocycles. The van der Waals surface area contributed by atoms with Crippen LogP contribution in [0.25, 0.3) is 11.4 Å². The van der Waals surface area contributed by atoms with Crippen LogP contribution >= 0.6 is 0 Å². The Kier molecular flexibility index (Phi) is 16.9. The van der Waals surface area contributed by atoms with Gasteiger partial charge < -0.3 is 4.74 Å². The summed E-state index contributed by atoms with van der Waals surface area (Å²) in [6, 6.07) is 7.68. The number of hydrogen-bond donors (Lipinski definition) is 0. The van der Waals surface area contributed by atoms with Gasteiger partial charge in [-0.1, -0.05) is 111 Å². The molecule has 4 heteroatoms. The topological polar surface area (TPSA) is 35.0 Å². The molecule has 0 aliphatic rings. The molecule has 0 saturated heterocycles. The Morgan fingerprint density at radius 2 is 1.27 bits per heavy atom. The molecule has 0 radical (unpaired) electrons. The Hall–Kier alpha value is -1.97. The average Bonchev–Trinajstić information content (AvgIpc) is 2.92. The molecule has 1 aromatic carbocycles. The molecule has 0 saturated carbocycles. The van der Waals surface area contributed by atoms with Crippen LogP contribution in [0.4, 0.5) is 4.39 Å². The van der Waals surface area contributed by atoms with Crippen LogP contribution in [0.2, 0.25) is 0 Å². The van der Waals surface area contributed by atoms with Crippen LogP contribution in [0.3, 0.4) is 0 Å². The SMILES string of the molecule is CCCCCCCCCCCCc1cnc(-c2ccc(OCC(F)CCCC(C)CCCC)cc2)nc1. The predicted molar refractivity (Wildman–Crippen MR) is 156 cm³/mol. The minimum Gasteiger partial charge on any atom is -0.491 e. The summed E-state index contributed by atoms with van der Waals surface area (Å²) in [5.41, 5.74) is 2.16. The molecule has 37 heavy (non-hydrogen) atoms. The zero-order chi connectivity index (χ0) is 26.6. The molecule has 0 fully saturated rings. The van der Waals surface area contributed by atoms with Crippen molar-refractivity contribution in [3.63, 3.8) is 0 Å². The standard InChI is InChI=1S/C33H53FN2O/c1-4-6-8-9-10-11-12-13-14-15-19-29-25-35-33(36-26-29)30-21-23-32(24-22-30)37-27-31(34)20-16-18-28(3)17-7-5-2/h21-26,28,31H,4-20,27H2,1-3H3. The number of aromatic nitrogens is 2. The van der Waals surface area contributed by atoms with E-state index in [2.05, 4.69) is 30.7 Å². The molecule has 0 bridgehead atoms. The van der Waals surface area contributed by atoms with Gasteiger partial charge in [-0.3, -0.25) is 0 Å². The van der Waals surface area contributed by atoms with Crippen molar-refractivity contribution in [3.8, 4) is 17.1 Å². The third-order valence-electron chi connectivity index (χ3n) is 7.33. The first-order valence-corrected chi connectivity index (χ1v) is 15.3. The van der Waals surface area contributed by atoms with Gasteiger partial charge in [0.05, 0.1) is 0 Å². The Balaban J connectivity index is 1.60. The van der Waals surface area contributed by atoms with Crippen molar-refractivity contribution in [1.82, 2.24) is 9.97 Å². The highest BCUT2D eigenvalue weighted by atomic mass is 19.1. The van der Waals surface area contributed by atoms with E-state index in [9.17, 15) is 4.39 Å². The summed E-state index contributed by atoms with van der Waals surface area (Å²) in [6.45, 7) is 6.88. The van der Waals surface area contributed by atoms with Crippen molar-refractivity contribution in [2.75, 3.05) is 6.61 Å². The van der Waals surface area contributed by atoms with E-state index in [1.54, 1.807) is 0 Å². The van der Waals surface area contributed by atoms with Gasteiger partial charge in [0.1, 0.15) is 18.5 Å². The van der Waals surface area contributed by atoms with Crippen LogP contribution in [-0.4, -0.2) is 22.7 Å². The smallest absolute Gasteiger partial charge is 0.159 e. The monoisotopic (exact) mass is 512 g/mol. The molecule has 0 spiro atoms. The summed E-state index contributed by atoms with van der Waals surface area (Å²) < 4.78 is 19.9. The lowest BCUT2D eigenvalue weighted by Crippen LogP contribution is -2.13. The first kappa shape index (κ1) is 31.2. The Labute approximate surface area is 227 Å².